The average molecular weight is 266 g/mol. The van der Waals surface area contributed by atoms with E-state index in [-0.39, 0.29) is 0 Å². The van der Waals surface area contributed by atoms with Gasteiger partial charge in [-0.3, -0.25) is 0 Å². The summed E-state index contributed by atoms with van der Waals surface area (Å²) >= 11 is 1.77. The molecule has 0 saturated heterocycles. The lowest BCUT2D eigenvalue weighted by atomic mass is 9.81. The second-order valence-electron chi connectivity index (χ2n) is 5.73. The maximum absolute atomic E-state index is 4.33. The molecule has 0 aromatic carbocycles. The van der Waals surface area contributed by atoms with Crippen molar-refractivity contribution >= 4 is 11.3 Å². The highest BCUT2D eigenvalue weighted by molar-refractivity contribution is 7.09. The smallest absolute Gasteiger partial charge is 0.0798 e. The van der Waals surface area contributed by atoms with Gasteiger partial charge in [-0.2, -0.15) is 0 Å². The number of nitrogens with one attached hydrogen (secondary N) is 1. The molecule has 1 unspecified atom stereocenters. The summed E-state index contributed by atoms with van der Waals surface area (Å²) in [5, 5.41) is 3.70. The summed E-state index contributed by atoms with van der Waals surface area (Å²) in [5.41, 5.74) is 3.14. The van der Waals surface area contributed by atoms with Gasteiger partial charge in [0.05, 0.1) is 11.2 Å². The van der Waals surface area contributed by atoms with Gasteiger partial charge in [-0.05, 0) is 45.1 Å². The van der Waals surface area contributed by atoms with Crippen LogP contribution in [0.1, 0.15) is 62.6 Å². The van der Waals surface area contributed by atoms with Crippen LogP contribution in [0.25, 0.3) is 0 Å². The highest BCUT2D eigenvalue weighted by atomic mass is 32.1. The molecule has 1 aromatic rings. The molecule has 0 aliphatic heterocycles. The van der Waals surface area contributed by atoms with E-state index in [1.54, 1.807) is 11.3 Å². The minimum Gasteiger partial charge on any atom is -0.309 e. The highest BCUT2D eigenvalue weighted by Crippen LogP contribution is 2.30. The predicted molar refractivity (Wildman–Crippen MR) is 79.0 cm³/mol. The molecule has 18 heavy (non-hydrogen) atoms. The Bertz CT molecular complexity index is 353. The van der Waals surface area contributed by atoms with Gasteiger partial charge in [0.1, 0.15) is 0 Å². The Hall–Kier alpha value is -0.410. The van der Waals surface area contributed by atoms with E-state index in [1.807, 2.05) is 5.51 Å². The van der Waals surface area contributed by atoms with Crippen molar-refractivity contribution in [1.29, 1.82) is 0 Å². The van der Waals surface area contributed by atoms with E-state index in [2.05, 4.69) is 31.1 Å². The molecule has 0 radical (unpaired) electrons. The summed E-state index contributed by atoms with van der Waals surface area (Å²) in [7, 11) is 0. The van der Waals surface area contributed by atoms with Gasteiger partial charge in [-0.15, -0.1) is 11.3 Å². The van der Waals surface area contributed by atoms with E-state index < -0.39 is 0 Å². The third kappa shape index (κ3) is 3.55. The number of aryl methyl sites for hydroxylation is 1. The lowest BCUT2D eigenvalue weighted by Crippen LogP contribution is -2.28. The van der Waals surface area contributed by atoms with Crippen molar-refractivity contribution < 1.29 is 0 Å². The first-order valence-electron chi connectivity index (χ1n) is 7.34. The molecule has 0 spiro atoms. The third-order valence-electron chi connectivity index (χ3n) is 4.43. The van der Waals surface area contributed by atoms with E-state index >= 15 is 0 Å². The number of aromatic nitrogens is 1. The molecule has 102 valence electrons. The Morgan fingerprint density at radius 3 is 2.56 bits per heavy atom. The standard InChI is InChI=1S/C15H26N2S/c1-4-13-5-7-14(8-6-13)9-16-11(2)15-12(3)17-10-18-15/h10-11,13-14,16H,4-9H2,1-3H3. The molecule has 2 rings (SSSR count). The zero-order chi connectivity index (χ0) is 13.0. The lowest BCUT2D eigenvalue weighted by molar-refractivity contribution is 0.258. The van der Waals surface area contributed by atoms with Crippen LogP contribution in [-0.2, 0) is 0 Å². The van der Waals surface area contributed by atoms with Gasteiger partial charge in [0.2, 0.25) is 0 Å². The first kappa shape index (κ1) is 14.0. The fourth-order valence-corrected chi connectivity index (χ4v) is 3.84. The van der Waals surface area contributed by atoms with Crippen molar-refractivity contribution in [2.45, 2.75) is 58.9 Å². The maximum Gasteiger partial charge on any atom is 0.0798 e. The molecule has 1 saturated carbocycles. The number of rotatable bonds is 5. The highest BCUT2D eigenvalue weighted by Gasteiger charge is 2.20. The van der Waals surface area contributed by atoms with Crippen LogP contribution in [0.3, 0.4) is 0 Å². The van der Waals surface area contributed by atoms with Gasteiger partial charge in [-0.1, -0.05) is 26.2 Å². The SMILES string of the molecule is CCC1CCC(CNC(C)c2scnc2C)CC1. The number of hydrogen-bond acceptors (Lipinski definition) is 3. The van der Waals surface area contributed by atoms with Crippen LogP contribution in [-0.4, -0.2) is 11.5 Å². The Morgan fingerprint density at radius 2 is 2.00 bits per heavy atom. The molecule has 0 amide bonds. The van der Waals surface area contributed by atoms with E-state index in [0.29, 0.717) is 6.04 Å². The lowest BCUT2D eigenvalue weighted by Gasteiger charge is -2.28. The summed E-state index contributed by atoms with van der Waals surface area (Å²) < 4.78 is 0. The minimum absolute atomic E-state index is 0.460. The summed E-state index contributed by atoms with van der Waals surface area (Å²) in [6.07, 6.45) is 7.09. The summed E-state index contributed by atoms with van der Waals surface area (Å²) in [6, 6.07) is 0.460. The topological polar surface area (TPSA) is 24.9 Å². The molecule has 1 aromatic heterocycles. The van der Waals surface area contributed by atoms with E-state index in [9.17, 15) is 0 Å². The Balaban J connectivity index is 1.74. The van der Waals surface area contributed by atoms with Crippen LogP contribution in [0.5, 0.6) is 0 Å². The van der Waals surface area contributed by atoms with Crippen LogP contribution in [0.4, 0.5) is 0 Å². The van der Waals surface area contributed by atoms with Crippen molar-refractivity contribution in [2.24, 2.45) is 11.8 Å². The van der Waals surface area contributed by atoms with Gasteiger partial charge in [0.15, 0.2) is 0 Å². The Kier molecular flexibility index (Phi) is 5.19. The van der Waals surface area contributed by atoms with Crippen LogP contribution < -0.4 is 5.32 Å². The van der Waals surface area contributed by atoms with Gasteiger partial charge < -0.3 is 5.32 Å². The van der Waals surface area contributed by atoms with Gasteiger partial charge in [0.25, 0.3) is 0 Å². The quantitative estimate of drug-likeness (QED) is 0.858. The predicted octanol–water partition coefficient (Wildman–Crippen LogP) is 4.32. The molecule has 1 heterocycles. The summed E-state index contributed by atoms with van der Waals surface area (Å²) in [5.74, 6) is 1.89. The molecular weight excluding hydrogens is 240 g/mol. The average Bonchev–Trinajstić information content (AvgIpc) is 2.83. The van der Waals surface area contributed by atoms with Crippen molar-refractivity contribution in [3.63, 3.8) is 0 Å². The van der Waals surface area contributed by atoms with Crippen LogP contribution in [0.15, 0.2) is 5.51 Å². The third-order valence-corrected chi connectivity index (χ3v) is 5.55. The summed E-state index contributed by atoms with van der Waals surface area (Å²) in [6.45, 7) is 7.88. The van der Waals surface area contributed by atoms with Crippen molar-refractivity contribution in [1.82, 2.24) is 10.3 Å². The molecule has 3 heteroatoms. The number of thiazole rings is 1. The molecule has 0 bridgehead atoms. The maximum atomic E-state index is 4.33. The van der Waals surface area contributed by atoms with Crippen LogP contribution in [0.2, 0.25) is 0 Å². The second-order valence-corrected chi connectivity index (χ2v) is 6.61. The van der Waals surface area contributed by atoms with E-state index in [4.69, 9.17) is 0 Å². The Labute approximate surface area is 115 Å². The largest absolute Gasteiger partial charge is 0.309 e. The van der Waals surface area contributed by atoms with Crippen molar-refractivity contribution in [3.05, 3.63) is 16.1 Å². The fourth-order valence-electron chi connectivity index (χ4n) is 3.01. The van der Waals surface area contributed by atoms with Gasteiger partial charge >= 0.3 is 0 Å². The monoisotopic (exact) mass is 266 g/mol. The molecule has 1 aliphatic carbocycles. The van der Waals surface area contributed by atoms with Crippen molar-refractivity contribution in [3.8, 4) is 0 Å². The Morgan fingerprint density at radius 1 is 1.33 bits per heavy atom. The molecular formula is C15H26N2S. The van der Waals surface area contributed by atoms with Crippen LogP contribution in [0, 0.1) is 18.8 Å². The molecule has 1 atom stereocenters. The minimum atomic E-state index is 0.460. The molecule has 1 aliphatic rings. The first-order valence-corrected chi connectivity index (χ1v) is 8.22. The fraction of sp³-hybridized carbons (Fsp3) is 0.800. The molecule has 1 N–H and O–H groups in total. The molecule has 1 fully saturated rings. The van der Waals surface area contributed by atoms with E-state index in [1.165, 1.54) is 49.2 Å². The van der Waals surface area contributed by atoms with Gasteiger partial charge in [0, 0.05) is 10.9 Å². The molecule has 2 nitrogen and oxygen atoms in total. The number of nitrogens with zero attached hydrogens (tertiary/aromatic N) is 1. The van der Waals surface area contributed by atoms with Crippen LogP contribution >= 0.6 is 11.3 Å². The normalized spacial score (nSPS) is 26.2. The van der Waals surface area contributed by atoms with E-state index in [0.717, 1.165) is 11.8 Å². The first-order chi connectivity index (χ1) is 8.70. The zero-order valence-corrected chi connectivity index (χ0v) is 12.7. The number of hydrogen-bond donors (Lipinski definition) is 1. The van der Waals surface area contributed by atoms with Crippen molar-refractivity contribution in [2.75, 3.05) is 6.54 Å². The second kappa shape index (κ2) is 6.67. The zero-order valence-electron chi connectivity index (χ0n) is 11.9. The van der Waals surface area contributed by atoms with Gasteiger partial charge in [-0.25, -0.2) is 4.98 Å². The summed E-state index contributed by atoms with van der Waals surface area (Å²) in [4.78, 5) is 5.73.